The molecule has 18 heavy (non-hydrogen) atoms. The predicted octanol–water partition coefficient (Wildman–Crippen LogP) is 2.25. The van der Waals surface area contributed by atoms with E-state index in [0.29, 0.717) is 19.6 Å². The molecule has 1 saturated heterocycles. The van der Waals surface area contributed by atoms with Gasteiger partial charge in [-0.3, -0.25) is 10.1 Å². The molecule has 0 unspecified atom stereocenters. The summed E-state index contributed by atoms with van der Waals surface area (Å²) in [5.74, 6) is -1.04. The Labute approximate surface area is 110 Å². The molecule has 0 spiro atoms. The van der Waals surface area contributed by atoms with Gasteiger partial charge in [-0.2, -0.15) is 0 Å². The number of hydrogen-bond acceptors (Lipinski definition) is 5. The Bertz CT molecular complexity index is 491. The molecular weight excluding hydrogens is 311 g/mol. The van der Waals surface area contributed by atoms with Crippen molar-refractivity contribution < 1.29 is 18.8 Å². The molecule has 1 heterocycles. The van der Waals surface area contributed by atoms with Gasteiger partial charge in [-0.25, -0.2) is 4.39 Å². The van der Waals surface area contributed by atoms with Crippen LogP contribution < -0.4 is 10.5 Å². The number of benzene rings is 1. The number of nitrogens with zero attached hydrogens (tertiary/aromatic N) is 1. The van der Waals surface area contributed by atoms with Crippen molar-refractivity contribution in [2.45, 2.75) is 12.5 Å². The van der Waals surface area contributed by atoms with Gasteiger partial charge >= 0.3 is 0 Å². The molecule has 98 valence electrons. The van der Waals surface area contributed by atoms with Crippen LogP contribution in [0.25, 0.3) is 0 Å². The Kier molecular flexibility index (Phi) is 3.67. The molecule has 0 aliphatic carbocycles. The first kappa shape index (κ1) is 13.0. The van der Waals surface area contributed by atoms with Gasteiger partial charge in [0, 0.05) is 12.5 Å². The van der Waals surface area contributed by atoms with Crippen LogP contribution in [0.1, 0.15) is 6.42 Å². The summed E-state index contributed by atoms with van der Waals surface area (Å²) in [6, 6.07) is 1.02. The normalized spacial score (nSPS) is 18.9. The molecule has 1 fully saturated rings. The third-order valence-corrected chi connectivity index (χ3v) is 3.14. The lowest BCUT2D eigenvalue weighted by Gasteiger charge is -2.15. The van der Waals surface area contributed by atoms with Crippen LogP contribution in [0, 0.1) is 15.9 Å². The maximum atomic E-state index is 13.8. The van der Waals surface area contributed by atoms with Gasteiger partial charge in [0.25, 0.3) is 5.69 Å². The maximum absolute atomic E-state index is 13.8. The molecule has 1 aromatic rings. The highest BCUT2D eigenvalue weighted by molar-refractivity contribution is 9.10. The lowest BCUT2D eigenvalue weighted by atomic mass is 10.2. The highest BCUT2D eigenvalue weighted by Crippen LogP contribution is 2.39. The number of nitro groups is 1. The van der Waals surface area contributed by atoms with Gasteiger partial charge in [0.05, 0.1) is 22.6 Å². The van der Waals surface area contributed by atoms with Crippen LogP contribution in [0.5, 0.6) is 5.75 Å². The minimum atomic E-state index is -0.745. The molecule has 0 aromatic heterocycles. The first-order valence-electron chi connectivity index (χ1n) is 5.17. The average Bonchev–Trinajstić information content (AvgIpc) is 2.81. The number of anilines is 1. The number of rotatable bonds is 3. The molecule has 2 N–H and O–H groups in total. The minimum absolute atomic E-state index is 0.0580. The fourth-order valence-electron chi connectivity index (χ4n) is 1.64. The average molecular weight is 321 g/mol. The van der Waals surface area contributed by atoms with Gasteiger partial charge in [-0.15, -0.1) is 0 Å². The van der Waals surface area contributed by atoms with E-state index in [9.17, 15) is 14.5 Å². The quantitative estimate of drug-likeness (QED) is 0.524. The summed E-state index contributed by atoms with van der Waals surface area (Å²) in [6.07, 6.45) is 0.259. The van der Waals surface area contributed by atoms with E-state index in [0.717, 1.165) is 6.07 Å². The number of ether oxygens (including phenoxy) is 2. The van der Waals surface area contributed by atoms with Crippen LogP contribution in [0.15, 0.2) is 10.5 Å². The van der Waals surface area contributed by atoms with Gasteiger partial charge in [0.1, 0.15) is 6.10 Å². The number of nitrogen functional groups attached to an aromatic ring is 1. The first-order valence-corrected chi connectivity index (χ1v) is 5.96. The summed E-state index contributed by atoms with van der Waals surface area (Å²) in [7, 11) is 0. The number of halogens is 2. The Morgan fingerprint density at radius 3 is 2.94 bits per heavy atom. The summed E-state index contributed by atoms with van der Waals surface area (Å²) < 4.78 is 24.2. The fraction of sp³-hybridized carbons (Fsp3) is 0.400. The van der Waals surface area contributed by atoms with Crippen LogP contribution in [-0.2, 0) is 4.74 Å². The topological polar surface area (TPSA) is 87.6 Å². The van der Waals surface area contributed by atoms with Gasteiger partial charge in [0.15, 0.2) is 17.3 Å². The summed E-state index contributed by atoms with van der Waals surface area (Å²) in [5.41, 5.74) is 4.86. The molecule has 1 atom stereocenters. The van der Waals surface area contributed by atoms with Gasteiger partial charge < -0.3 is 15.2 Å². The molecule has 0 saturated carbocycles. The lowest BCUT2D eigenvalue weighted by molar-refractivity contribution is -0.384. The fourth-order valence-corrected chi connectivity index (χ4v) is 2.04. The minimum Gasteiger partial charge on any atom is -0.482 e. The molecule has 1 aliphatic heterocycles. The maximum Gasteiger partial charge on any atom is 0.297 e. The second-order valence-electron chi connectivity index (χ2n) is 3.79. The first-order chi connectivity index (χ1) is 8.50. The van der Waals surface area contributed by atoms with Crippen molar-refractivity contribution >= 4 is 27.3 Å². The molecular formula is C10H10BrFN2O4. The van der Waals surface area contributed by atoms with E-state index in [1.54, 1.807) is 0 Å². The third kappa shape index (κ3) is 2.39. The van der Waals surface area contributed by atoms with Crippen molar-refractivity contribution in [2.75, 3.05) is 18.9 Å². The molecule has 0 radical (unpaired) electrons. The van der Waals surface area contributed by atoms with Crippen molar-refractivity contribution in [3.63, 3.8) is 0 Å². The third-order valence-electron chi connectivity index (χ3n) is 2.56. The largest absolute Gasteiger partial charge is 0.482 e. The number of hydrogen-bond donors (Lipinski definition) is 1. The highest BCUT2D eigenvalue weighted by atomic mass is 79.9. The Hall–Kier alpha value is -1.41. The lowest BCUT2D eigenvalue weighted by Crippen LogP contribution is -2.18. The Balaban J connectivity index is 2.40. The number of nitro benzene ring substituents is 1. The van der Waals surface area contributed by atoms with Gasteiger partial charge in [-0.1, -0.05) is 0 Å². The molecule has 0 amide bonds. The van der Waals surface area contributed by atoms with Crippen molar-refractivity contribution in [3.05, 3.63) is 26.5 Å². The summed E-state index contributed by atoms with van der Waals surface area (Å²) in [6.45, 7) is 0.835. The predicted molar refractivity (Wildman–Crippen MR) is 65.0 cm³/mol. The zero-order valence-electron chi connectivity index (χ0n) is 9.19. The second-order valence-corrected chi connectivity index (χ2v) is 4.65. The van der Waals surface area contributed by atoms with E-state index in [1.165, 1.54) is 0 Å². The van der Waals surface area contributed by atoms with E-state index < -0.39 is 16.4 Å². The van der Waals surface area contributed by atoms with Crippen molar-refractivity contribution in [1.29, 1.82) is 0 Å². The Morgan fingerprint density at radius 2 is 2.39 bits per heavy atom. The molecule has 0 bridgehead atoms. The van der Waals surface area contributed by atoms with E-state index in [1.807, 2.05) is 0 Å². The number of nitrogens with two attached hydrogens (primary N) is 1. The van der Waals surface area contributed by atoms with Gasteiger partial charge in [-0.05, 0) is 15.9 Å². The van der Waals surface area contributed by atoms with E-state index in [-0.39, 0.29) is 22.0 Å². The summed E-state index contributed by atoms with van der Waals surface area (Å²) in [4.78, 5) is 10.1. The smallest absolute Gasteiger partial charge is 0.297 e. The van der Waals surface area contributed by atoms with Crippen molar-refractivity contribution in [2.24, 2.45) is 0 Å². The SMILES string of the molecule is Nc1c([N+](=O)[O-])cc(Br)c(F)c1O[C@@H]1CCOC1. The molecule has 8 heteroatoms. The monoisotopic (exact) mass is 320 g/mol. The van der Waals surface area contributed by atoms with E-state index >= 15 is 0 Å². The highest BCUT2D eigenvalue weighted by Gasteiger charge is 2.27. The summed E-state index contributed by atoms with van der Waals surface area (Å²) in [5, 5.41) is 10.8. The van der Waals surface area contributed by atoms with Crippen LogP contribution in [0.4, 0.5) is 15.8 Å². The summed E-state index contributed by atoms with van der Waals surface area (Å²) >= 11 is 2.90. The van der Waals surface area contributed by atoms with Crippen LogP contribution in [0.3, 0.4) is 0 Å². The standard InChI is InChI=1S/C10H10BrFN2O4/c11-6-3-7(14(15)16)9(13)10(8(6)12)18-5-1-2-17-4-5/h3,5H,1-2,4,13H2/t5-/m1/s1. The van der Waals surface area contributed by atoms with Crippen molar-refractivity contribution in [3.8, 4) is 5.75 Å². The zero-order valence-corrected chi connectivity index (χ0v) is 10.8. The van der Waals surface area contributed by atoms with E-state index in [2.05, 4.69) is 15.9 Å². The van der Waals surface area contributed by atoms with Crippen LogP contribution in [-0.4, -0.2) is 24.2 Å². The van der Waals surface area contributed by atoms with Gasteiger partial charge in [0.2, 0.25) is 0 Å². The molecule has 1 aliphatic rings. The zero-order chi connectivity index (χ0) is 13.3. The van der Waals surface area contributed by atoms with Crippen LogP contribution in [0.2, 0.25) is 0 Å². The van der Waals surface area contributed by atoms with E-state index in [4.69, 9.17) is 15.2 Å². The molecule has 6 nitrogen and oxygen atoms in total. The molecule has 2 rings (SSSR count). The molecule has 1 aromatic carbocycles. The van der Waals surface area contributed by atoms with Crippen molar-refractivity contribution in [1.82, 2.24) is 0 Å². The second kappa shape index (κ2) is 5.07. The van der Waals surface area contributed by atoms with Crippen LogP contribution >= 0.6 is 15.9 Å². The Morgan fingerprint density at radius 1 is 1.67 bits per heavy atom.